The molecule has 4 nitrogen and oxygen atoms in total. The van der Waals surface area contributed by atoms with Gasteiger partial charge in [0.15, 0.2) is 6.61 Å². The molecular weight excluding hydrogens is 344 g/mol. The first-order valence-electron chi connectivity index (χ1n) is 9.96. The van der Waals surface area contributed by atoms with E-state index in [1.807, 2.05) is 23.9 Å². The van der Waals surface area contributed by atoms with Gasteiger partial charge in [0.2, 0.25) is 0 Å². The number of ether oxygens (including phenoxy) is 1. The molecule has 3 rings (SSSR count). The fourth-order valence-electron chi connectivity index (χ4n) is 3.75. The predicted molar refractivity (Wildman–Crippen MR) is 109 cm³/mol. The molecule has 0 aliphatic carbocycles. The van der Waals surface area contributed by atoms with Crippen LogP contribution in [0.4, 0.5) is 0 Å². The maximum atomic E-state index is 12.9. The van der Waals surface area contributed by atoms with Crippen LogP contribution in [0.25, 0.3) is 0 Å². The summed E-state index contributed by atoms with van der Waals surface area (Å²) < 4.78 is 5.80. The zero-order valence-electron chi connectivity index (χ0n) is 16.2. The van der Waals surface area contributed by atoms with E-state index in [0.29, 0.717) is 12.0 Å². The first kappa shape index (κ1) is 19.6. The van der Waals surface area contributed by atoms with Gasteiger partial charge in [-0.05, 0) is 61.7 Å². The molecule has 2 fully saturated rings. The Morgan fingerprint density at radius 3 is 2.58 bits per heavy atom. The number of hydrogen-bond acceptors (Lipinski definition) is 4. The number of carbonyl (C=O) groups is 1. The number of likely N-dealkylation sites (tertiary alicyclic amines) is 1. The van der Waals surface area contributed by atoms with Gasteiger partial charge in [0, 0.05) is 18.8 Å². The van der Waals surface area contributed by atoms with Crippen LogP contribution >= 0.6 is 11.8 Å². The molecule has 144 valence electrons. The summed E-state index contributed by atoms with van der Waals surface area (Å²) in [5.41, 5.74) is 1.29. The van der Waals surface area contributed by atoms with Crippen LogP contribution in [0.3, 0.4) is 0 Å². The van der Waals surface area contributed by atoms with Crippen molar-refractivity contribution in [3.05, 3.63) is 29.8 Å². The zero-order chi connectivity index (χ0) is 18.4. The second kappa shape index (κ2) is 9.65. The van der Waals surface area contributed by atoms with Crippen molar-refractivity contribution in [2.24, 2.45) is 0 Å². The van der Waals surface area contributed by atoms with Crippen LogP contribution in [0, 0.1) is 0 Å². The fourth-order valence-corrected chi connectivity index (χ4v) is 4.81. The average Bonchev–Trinajstić information content (AvgIpc) is 3.04. The molecule has 2 saturated heterocycles. The van der Waals surface area contributed by atoms with Crippen LogP contribution in [-0.2, 0) is 4.79 Å². The van der Waals surface area contributed by atoms with Crippen molar-refractivity contribution in [3.8, 4) is 5.75 Å². The van der Waals surface area contributed by atoms with Gasteiger partial charge in [-0.15, -0.1) is 0 Å². The number of thioether (sulfide) groups is 1. The minimum Gasteiger partial charge on any atom is -0.484 e. The number of benzene rings is 1. The van der Waals surface area contributed by atoms with Gasteiger partial charge < -0.3 is 14.5 Å². The molecule has 0 radical (unpaired) electrons. The van der Waals surface area contributed by atoms with Crippen LogP contribution in [-0.4, -0.2) is 66.0 Å². The minimum atomic E-state index is 0.129. The molecule has 1 unspecified atom stereocenters. The number of carbonyl (C=O) groups excluding carboxylic acids is 1. The summed E-state index contributed by atoms with van der Waals surface area (Å²) in [7, 11) is 0. The van der Waals surface area contributed by atoms with E-state index in [1.54, 1.807) is 0 Å². The van der Waals surface area contributed by atoms with Gasteiger partial charge >= 0.3 is 0 Å². The Bertz CT molecular complexity index is 570. The third-order valence-corrected chi connectivity index (χ3v) is 6.53. The predicted octanol–water partition coefficient (Wildman–Crippen LogP) is 3.62. The Labute approximate surface area is 162 Å². The van der Waals surface area contributed by atoms with Crippen molar-refractivity contribution >= 4 is 17.7 Å². The first-order chi connectivity index (χ1) is 12.6. The lowest BCUT2D eigenvalue weighted by molar-refractivity contribution is -0.135. The maximum absolute atomic E-state index is 12.9. The van der Waals surface area contributed by atoms with E-state index >= 15 is 0 Å². The van der Waals surface area contributed by atoms with Gasteiger partial charge in [0.05, 0.1) is 6.04 Å². The van der Waals surface area contributed by atoms with Gasteiger partial charge in [0.1, 0.15) is 5.75 Å². The summed E-state index contributed by atoms with van der Waals surface area (Å²) in [5, 5.41) is 0. The SMILES string of the molecule is CC(C)c1ccc(OCC(=O)N2CCCSCC2CN2CCCC2)cc1. The van der Waals surface area contributed by atoms with E-state index in [-0.39, 0.29) is 12.5 Å². The minimum absolute atomic E-state index is 0.129. The topological polar surface area (TPSA) is 32.8 Å². The Morgan fingerprint density at radius 2 is 1.88 bits per heavy atom. The molecular formula is C21H32N2O2S. The van der Waals surface area contributed by atoms with E-state index in [9.17, 15) is 4.79 Å². The van der Waals surface area contributed by atoms with Gasteiger partial charge in [0.25, 0.3) is 5.91 Å². The Kier molecular flexibility index (Phi) is 7.26. The van der Waals surface area contributed by atoms with Crippen LogP contribution in [0.15, 0.2) is 24.3 Å². The third-order valence-electron chi connectivity index (χ3n) is 5.34. The summed E-state index contributed by atoms with van der Waals surface area (Å²) in [4.78, 5) is 17.5. The lowest BCUT2D eigenvalue weighted by Crippen LogP contribution is -2.49. The van der Waals surface area contributed by atoms with E-state index in [4.69, 9.17) is 4.74 Å². The van der Waals surface area contributed by atoms with Crippen molar-refractivity contribution in [1.29, 1.82) is 0 Å². The number of rotatable bonds is 6. The van der Waals surface area contributed by atoms with Gasteiger partial charge in [-0.2, -0.15) is 11.8 Å². The molecule has 0 N–H and O–H groups in total. The highest BCUT2D eigenvalue weighted by atomic mass is 32.2. The Hall–Kier alpha value is -1.20. The second-order valence-corrected chi connectivity index (χ2v) is 8.84. The smallest absolute Gasteiger partial charge is 0.260 e. The molecule has 1 atom stereocenters. The molecule has 1 aromatic rings. The number of nitrogens with zero attached hydrogens (tertiary/aromatic N) is 2. The lowest BCUT2D eigenvalue weighted by atomic mass is 10.0. The van der Waals surface area contributed by atoms with Gasteiger partial charge in [-0.1, -0.05) is 26.0 Å². The van der Waals surface area contributed by atoms with Crippen LogP contribution in [0.2, 0.25) is 0 Å². The van der Waals surface area contributed by atoms with Crippen LogP contribution in [0.5, 0.6) is 5.75 Å². The fraction of sp³-hybridized carbons (Fsp3) is 0.667. The highest BCUT2D eigenvalue weighted by molar-refractivity contribution is 7.99. The van der Waals surface area contributed by atoms with Crippen molar-refractivity contribution in [1.82, 2.24) is 9.80 Å². The molecule has 1 aromatic carbocycles. The quantitative estimate of drug-likeness (QED) is 0.759. The normalized spacial score (nSPS) is 21.8. The summed E-state index contributed by atoms with van der Waals surface area (Å²) in [6.07, 6.45) is 3.67. The van der Waals surface area contributed by atoms with Gasteiger partial charge in [-0.25, -0.2) is 0 Å². The Morgan fingerprint density at radius 1 is 1.15 bits per heavy atom. The van der Waals surface area contributed by atoms with E-state index in [2.05, 4.69) is 35.8 Å². The van der Waals surface area contributed by atoms with Crippen molar-refractivity contribution in [2.75, 3.05) is 44.3 Å². The highest BCUT2D eigenvalue weighted by Gasteiger charge is 2.28. The average molecular weight is 377 g/mol. The zero-order valence-corrected chi connectivity index (χ0v) is 17.0. The molecule has 1 amide bonds. The second-order valence-electron chi connectivity index (χ2n) is 7.69. The van der Waals surface area contributed by atoms with Crippen LogP contribution in [0.1, 0.15) is 44.6 Å². The number of hydrogen-bond donors (Lipinski definition) is 0. The summed E-state index contributed by atoms with van der Waals surface area (Å²) >= 11 is 1.99. The summed E-state index contributed by atoms with van der Waals surface area (Å²) in [6, 6.07) is 8.44. The van der Waals surface area contributed by atoms with Crippen molar-refractivity contribution in [2.45, 2.75) is 45.1 Å². The lowest BCUT2D eigenvalue weighted by Gasteiger charge is -2.32. The monoisotopic (exact) mass is 376 g/mol. The van der Waals surface area contributed by atoms with Crippen LogP contribution < -0.4 is 4.74 Å². The molecule has 0 bridgehead atoms. The largest absolute Gasteiger partial charge is 0.484 e. The maximum Gasteiger partial charge on any atom is 0.260 e. The molecule has 2 aliphatic rings. The van der Waals surface area contributed by atoms with E-state index < -0.39 is 0 Å². The molecule has 2 aliphatic heterocycles. The molecule has 0 saturated carbocycles. The molecule has 5 heteroatoms. The summed E-state index contributed by atoms with van der Waals surface area (Å²) in [5.74, 6) is 3.61. The van der Waals surface area contributed by atoms with E-state index in [1.165, 1.54) is 31.5 Å². The van der Waals surface area contributed by atoms with E-state index in [0.717, 1.165) is 36.8 Å². The molecule has 0 aromatic heterocycles. The number of amides is 1. The molecule has 26 heavy (non-hydrogen) atoms. The Balaban J connectivity index is 1.56. The van der Waals surface area contributed by atoms with Gasteiger partial charge in [-0.3, -0.25) is 4.79 Å². The molecule has 0 spiro atoms. The van der Waals surface area contributed by atoms with Crippen molar-refractivity contribution in [3.63, 3.8) is 0 Å². The van der Waals surface area contributed by atoms with Crippen molar-refractivity contribution < 1.29 is 9.53 Å². The highest BCUT2D eigenvalue weighted by Crippen LogP contribution is 2.21. The standard InChI is InChI=1S/C21H32N2O2S/c1-17(2)18-6-8-20(9-7-18)25-15-21(24)23-12-5-13-26-16-19(23)14-22-10-3-4-11-22/h6-9,17,19H,3-5,10-16H2,1-2H3. The summed E-state index contributed by atoms with van der Waals surface area (Å²) in [6.45, 7) is 8.74. The third kappa shape index (κ3) is 5.40. The molecule has 2 heterocycles. The first-order valence-corrected chi connectivity index (χ1v) is 11.1.